The maximum atomic E-state index is 13.2. The standard InChI is InChI=1S/C22H30ClN5O3S/c1-17(2)27-15-21(24-16-27)32(30,31)28-9-3-4-18(14-28)22(29)26-12-10-25(11-13-26)20-7-5-19(23)6-8-20/h5-8,15-18H,3-4,9-14H2,1-2H3/t18-/m1/s1. The van der Waals surface area contributed by atoms with Gasteiger partial charge in [0.1, 0.15) is 0 Å². The zero-order chi connectivity index (χ0) is 22.9. The highest BCUT2D eigenvalue weighted by Crippen LogP contribution is 2.26. The van der Waals surface area contributed by atoms with Crippen molar-refractivity contribution in [2.75, 3.05) is 44.2 Å². The third kappa shape index (κ3) is 4.79. The molecule has 2 aromatic rings. The second-order valence-corrected chi connectivity index (χ2v) is 11.1. The van der Waals surface area contributed by atoms with Gasteiger partial charge in [0, 0.05) is 62.2 Å². The molecule has 174 valence electrons. The first-order valence-electron chi connectivity index (χ1n) is 11.1. The van der Waals surface area contributed by atoms with Gasteiger partial charge in [-0.15, -0.1) is 0 Å². The molecule has 0 unspecified atom stereocenters. The summed E-state index contributed by atoms with van der Waals surface area (Å²) in [4.78, 5) is 21.4. The Morgan fingerprint density at radius 3 is 2.41 bits per heavy atom. The van der Waals surface area contributed by atoms with Crippen LogP contribution in [-0.2, 0) is 14.8 Å². The molecule has 2 aliphatic rings. The van der Waals surface area contributed by atoms with E-state index in [-0.39, 0.29) is 29.4 Å². The Labute approximate surface area is 194 Å². The van der Waals surface area contributed by atoms with Crippen LogP contribution in [0.25, 0.3) is 0 Å². The van der Waals surface area contributed by atoms with Crippen LogP contribution in [0.15, 0.2) is 41.8 Å². The summed E-state index contributed by atoms with van der Waals surface area (Å²) in [6.45, 7) is 7.33. The van der Waals surface area contributed by atoms with Crippen LogP contribution in [-0.4, -0.2) is 72.3 Å². The Bertz CT molecular complexity index is 1050. The lowest BCUT2D eigenvalue weighted by molar-refractivity contribution is -0.137. The van der Waals surface area contributed by atoms with Gasteiger partial charge in [-0.3, -0.25) is 4.79 Å². The Morgan fingerprint density at radius 2 is 1.78 bits per heavy atom. The minimum atomic E-state index is -3.71. The maximum Gasteiger partial charge on any atom is 0.262 e. The molecule has 1 amide bonds. The normalized spacial score (nSPS) is 20.7. The van der Waals surface area contributed by atoms with Crippen molar-refractivity contribution in [2.24, 2.45) is 5.92 Å². The lowest BCUT2D eigenvalue weighted by atomic mass is 9.97. The number of amides is 1. The highest BCUT2D eigenvalue weighted by molar-refractivity contribution is 7.89. The number of imidazole rings is 1. The lowest BCUT2D eigenvalue weighted by Gasteiger charge is -2.39. The molecule has 10 heteroatoms. The number of carbonyl (C=O) groups excluding carboxylic acids is 1. The summed E-state index contributed by atoms with van der Waals surface area (Å²) in [5.74, 6) is -0.263. The van der Waals surface area contributed by atoms with E-state index in [0.29, 0.717) is 37.5 Å². The van der Waals surface area contributed by atoms with Crippen LogP contribution >= 0.6 is 11.6 Å². The predicted molar refractivity (Wildman–Crippen MR) is 124 cm³/mol. The average Bonchev–Trinajstić information content (AvgIpc) is 3.31. The largest absolute Gasteiger partial charge is 0.368 e. The molecular formula is C22H30ClN5O3S. The smallest absolute Gasteiger partial charge is 0.262 e. The third-order valence-corrected chi connectivity index (χ3v) is 8.30. The summed E-state index contributed by atoms with van der Waals surface area (Å²) in [7, 11) is -3.71. The molecule has 0 N–H and O–H groups in total. The fraction of sp³-hybridized carbons (Fsp3) is 0.545. The molecule has 0 radical (unpaired) electrons. The van der Waals surface area contributed by atoms with Crippen LogP contribution in [0.3, 0.4) is 0 Å². The first-order chi connectivity index (χ1) is 15.3. The molecule has 0 spiro atoms. The van der Waals surface area contributed by atoms with E-state index in [0.717, 1.165) is 18.8 Å². The van der Waals surface area contributed by atoms with Crippen molar-refractivity contribution in [1.82, 2.24) is 18.8 Å². The van der Waals surface area contributed by atoms with Gasteiger partial charge < -0.3 is 14.4 Å². The van der Waals surface area contributed by atoms with Gasteiger partial charge in [0.25, 0.3) is 10.0 Å². The second kappa shape index (κ2) is 9.41. The van der Waals surface area contributed by atoms with Crippen molar-refractivity contribution >= 4 is 33.2 Å². The third-order valence-electron chi connectivity index (χ3n) is 6.29. The number of piperidine rings is 1. The second-order valence-electron chi connectivity index (χ2n) is 8.74. The van der Waals surface area contributed by atoms with Crippen LogP contribution in [0.2, 0.25) is 5.02 Å². The first-order valence-corrected chi connectivity index (χ1v) is 12.9. The first kappa shape index (κ1) is 23.1. The minimum Gasteiger partial charge on any atom is -0.368 e. The topological polar surface area (TPSA) is 78.8 Å². The van der Waals surface area contributed by atoms with Crippen LogP contribution < -0.4 is 4.90 Å². The summed E-state index contributed by atoms with van der Waals surface area (Å²) in [5.41, 5.74) is 1.09. The molecule has 0 bridgehead atoms. The number of piperazine rings is 1. The van der Waals surface area contributed by atoms with Gasteiger partial charge in [-0.1, -0.05) is 11.6 Å². The predicted octanol–water partition coefficient (Wildman–Crippen LogP) is 2.87. The minimum absolute atomic E-state index is 0.0494. The van der Waals surface area contributed by atoms with E-state index in [4.69, 9.17) is 11.6 Å². The van der Waals surface area contributed by atoms with Crippen molar-refractivity contribution in [1.29, 1.82) is 0 Å². The van der Waals surface area contributed by atoms with Crippen molar-refractivity contribution in [3.63, 3.8) is 0 Å². The SMILES string of the molecule is CC(C)n1cnc(S(=O)(=O)N2CCC[C@@H](C(=O)N3CCN(c4ccc(Cl)cc4)CC3)C2)c1. The quantitative estimate of drug-likeness (QED) is 0.658. The molecule has 2 saturated heterocycles. The van der Waals surface area contributed by atoms with Crippen LogP contribution in [0.4, 0.5) is 5.69 Å². The summed E-state index contributed by atoms with van der Waals surface area (Å²) < 4.78 is 29.4. The fourth-order valence-corrected chi connectivity index (χ4v) is 5.89. The molecule has 3 heterocycles. The molecule has 1 aromatic carbocycles. The van der Waals surface area contributed by atoms with E-state index in [1.807, 2.05) is 43.0 Å². The number of halogens is 1. The summed E-state index contributed by atoms with van der Waals surface area (Å²) in [5, 5.41) is 0.756. The van der Waals surface area contributed by atoms with Gasteiger partial charge in [0.05, 0.1) is 12.2 Å². The zero-order valence-electron chi connectivity index (χ0n) is 18.5. The Balaban J connectivity index is 1.38. The molecule has 2 fully saturated rings. The number of sulfonamides is 1. The highest BCUT2D eigenvalue weighted by atomic mass is 35.5. The van der Waals surface area contributed by atoms with Crippen LogP contribution in [0.5, 0.6) is 0 Å². The number of carbonyl (C=O) groups is 1. The number of hydrogen-bond acceptors (Lipinski definition) is 5. The molecular weight excluding hydrogens is 450 g/mol. The monoisotopic (exact) mass is 479 g/mol. The van der Waals surface area contributed by atoms with E-state index >= 15 is 0 Å². The average molecular weight is 480 g/mol. The Morgan fingerprint density at radius 1 is 1.09 bits per heavy atom. The van der Waals surface area contributed by atoms with Gasteiger partial charge in [-0.2, -0.15) is 4.31 Å². The Kier molecular flexibility index (Phi) is 6.78. The van der Waals surface area contributed by atoms with Gasteiger partial charge in [0.15, 0.2) is 5.03 Å². The molecule has 0 aliphatic carbocycles. The van der Waals surface area contributed by atoms with Crippen molar-refractivity contribution < 1.29 is 13.2 Å². The number of hydrogen-bond donors (Lipinski definition) is 0. The fourth-order valence-electron chi connectivity index (χ4n) is 4.32. The molecule has 8 nitrogen and oxygen atoms in total. The number of rotatable bonds is 5. The van der Waals surface area contributed by atoms with E-state index in [9.17, 15) is 13.2 Å². The van der Waals surface area contributed by atoms with Gasteiger partial charge >= 0.3 is 0 Å². The maximum absolute atomic E-state index is 13.2. The molecule has 1 aromatic heterocycles. The highest BCUT2D eigenvalue weighted by Gasteiger charge is 2.36. The molecule has 1 atom stereocenters. The zero-order valence-corrected chi connectivity index (χ0v) is 20.1. The van der Waals surface area contributed by atoms with Crippen molar-refractivity contribution in [3.8, 4) is 0 Å². The Hall–Kier alpha value is -2.10. The summed E-state index contributed by atoms with van der Waals surface area (Å²) >= 11 is 5.98. The number of aromatic nitrogens is 2. The van der Waals surface area contributed by atoms with Gasteiger partial charge in [-0.05, 0) is 51.0 Å². The molecule has 32 heavy (non-hydrogen) atoms. The molecule has 0 saturated carbocycles. The van der Waals surface area contributed by atoms with E-state index in [1.54, 1.807) is 17.1 Å². The van der Waals surface area contributed by atoms with Crippen LogP contribution in [0.1, 0.15) is 32.7 Å². The van der Waals surface area contributed by atoms with E-state index < -0.39 is 10.0 Å². The molecule has 4 rings (SSSR count). The summed E-state index contributed by atoms with van der Waals surface area (Å²) in [6.07, 6.45) is 4.50. The van der Waals surface area contributed by atoms with Crippen LogP contribution in [0, 0.1) is 5.92 Å². The number of anilines is 1. The van der Waals surface area contributed by atoms with Crippen molar-refractivity contribution in [3.05, 3.63) is 41.8 Å². The number of benzene rings is 1. The van der Waals surface area contributed by atoms with E-state index in [2.05, 4.69) is 9.88 Å². The lowest BCUT2D eigenvalue weighted by Crippen LogP contribution is -2.53. The van der Waals surface area contributed by atoms with Gasteiger partial charge in [0.2, 0.25) is 5.91 Å². The summed E-state index contributed by atoms with van der Waals surface area (Å²) in [6, 6.07) is 7.86. The number of nitrogens with zero attached hydrogens (tertiary/aromatic N) is 5. The molecule has 2 aliphatic heterocycles. The van der Waals surface area contributed by atoms with Gasteiger partial charge in [-0.25, -0.2) is 13.4 Å². The van der Waals surface area contributed by atoms with E-state index in [1.165, 1.54) is 4.31 Å². The van der Waals surface area contributed by atoms with Crippen molar-refractivity contribution in [2.45, 2.75) is 37.8 Å².